The highest BCUT2D eigenvalue weighted by molar-refractivity contribution is 5.82. The molecule has 1 unspecified atom stereocenters. The van der Waals surface area contributed by atoms with E-state index in [4.69, 9.17) is 4.74 Å². The first kappa shape index (κ1) is 16.7. The van der Waals surface area contributed by atoms with Gasteiger partial charge in [0.25, 0.3) is 0 Å². The maximum absolute atomic E-state index is 12.6. The average Bonchev–Trinajstić information content (AvgIpc) is 2.47. The summed E-state index contributed by atoms with van der Waals surface area (Å²) in [7, 11) is 0. The van der Waals surface area contributed by atoms with Gasteiger partial charge in [-0.1, -0.05) is 20.3 Å². The Hall–Kier alpha value is -0.650. The minimum atomic E-state index is -0.794. The van der Waals surface area contributed by atoms with E-state index in [2.05, 4.69) is 24.1 Å². The van der Waals surface area contributed by atoms with Crippen LogP contribution in [-0.4, -0.2) is 60.4 Å². The quantitative estimate of drug-likeness (QED) is 0.799. The summed E-state index contributed by atoms with van der Waals surface area (Å²) in [6.07, 6.45) is 4.82. The third-order valence-electron chi connectivity index (χ3n) is 4.70. The van der Waals surface area contributed by atoms with Crippen LogP contribution >= 0.6 is 0 Å². The van der Waals surface area contributed by atoms with Crippen LogP contribution in [0.5, 0.6) is 0 Å². The van der Waals surface area contributed by atoms with Gasteiger partial charge in [-0.3, -0.25) is 9.69 Å². The molecule has 2 N–H and O–H groups in total. The van der Waals surface area contributed by atoms with E-state index in [1.165, 1.54) is 19.3 Å². The highest BCUT2D eigenvalue weighted by atomic mass is 16.5. The molecule has 2 fully saturated rings. The molecule has 5 nitrogen and oxygen atoms in total. The highest BCUT2D eigenvalue weighted by Gasteiger charge is 2.34. The summed E-state index contributed by atoms with van der Waals surface area (Å²) < 4.78 is 5.27. The normalized spacial score (nSPS) is 24.8. The van der Waals surface area contributed by atoms with E-state index in [1.54, 1.807) is 0 Å². The molecule has 21 heavy (non-hydrogen) atoms. The zero-order valence-corrected chi connectivity index (χ0v) is 13.4. The van der Waals surface area contributed by atoms with Crippen molar-refractivity contribution >= 4 is 5.91 Å². The molecule has 1 amide bonds. The second-order valence-electron chi connectivity index (χ2n) is 6.84. The summed E-state index contributed by atoms with van der Waals surface area (Å²) in [5.74, 6) is 0.347. The molecule has 2 rings (SSSR count). The molecule has 0 aromatic rings. The smallest absolute Gasteiger partial charge is 0.237 e. The Morgan fingerprint density at radius 3 is 2.43 bits per heavy atom. The molecule has 0 aliphatic carbocycles. The Morgan fingerprint density at radius 2 is 1.86 bits per heavy atom. The summed E-state index contributed by atoms with van der Waals surface area (Å²) in [6, 6.07) is -0.0752. The molecule has 2 heterocycles. The van der Waals surface area contributed by atoms with E-state index in [-0.39, 0.29) is 17.9 Å². The Kier molecular flexibility index (Phi) is 6.02. The van der Waals surface area contributed by atoms with Gasteiger partial charge in [0.1, 0.15) is 0 Å². The number of aliphatic hydroxyl groups is 1. The third kappa shape index (κ3) is 4.66. The number of nitrogens with zero attached hydrogens (tertiary/aromatic N) is 1. The molecule has 5 heteroatoms. The van der Waals surface area contributed by atoms with Crippen LogP contribution in [0.25, 0.3) is 0 Å². The Bertz CT molecular complexity index is 334. The van der Waals surface area contributed by atoms with Crippen molar-refractivity contribution in [3.63, 3.8) is 0 Å². The van der Waals surface area contributed by atoms with Gasteiger partial charge in [-0.25, -0.2) is 0 Å². The average molecular weight is 298 g/mol. The summed E-state index contributed by atoms with van der Waals surface area (Å²) in [6.45, 7) is 7.71. The highest BCUT2D eigenvalue weighted by Crippen LogP contribution is 2.21. The van der Waals surface area contributed by atoms with Crippen LogP contribution in [0.1, 0.15) is 46.0 Å². The molecule has 0 aromatic carbocycles. The summed E-state index contributed by atoms with van der Waals surface area (Å²) in [4.78, 5) is 14.9. The minimum Gasteiger partial charge on any atom is -0.388 e. The van der Waals surface area contributed by atoms with Crippen molar-refractivity contribution in [3.8, 4) is 0 Å². The zero-order chi connectivity index (χ0) is 15.3. The molecular formula is C16H30N2O3. The monoisotopic (exact) mass is 298 g/mol. The maximum atomic E-state index is 12.6. The van der Waals surface area contributed by atoms with E-state index in [1.807, 2.05) is 0 Å². The van der Waals surface area contributed by atoms with Crippen LogP contribution in [0.15, 0.2) is 0 Å². The molecular weight excluding hydrogens is 268 g/mol. The second-order valence-corrected chi connectivity index (χ2v) is 6.84. The van der Waals surface area contributed by atoms with E-state index >= 15 is 0 Å². The lowest BCUT2D eigenvalue weighted by molar-refractivity contribution is -0.131. The molecule has 2 aliphatic rings. The Labute approximate surface area is 128 Å². The number of carbonyl (C=O) groups is 1. The number of carbonyl (C=O) groups excluding carboxylic acids is 1. The second kappa shape index (κ2) is 7.56. The molecule has 122 valence electrons. The molecule has 2 aliphatic heterocycles. The first-order valence-electron chi connectivity index (χ1n) is 8.34. The topological polar surface area (TPSA) is 61.8 Å². The van der Waals surface area contributed by atoms with Crippen LogP contribution in [0.2, 0.25) is 0 Å². The molecule has 0 aromatic heterocycles. The van der Waals surface area contributed by atoms with Crippen LogP contribution in [0.3, 0.4) is 0 Å². The molecule has 0 spiro atoms. The summed E-state index contributed by atoms with van der Waals surface area (Å²) in [5, 5.41) is 13.4. The standard InChI is InChI=1S/C16H30N2O3/c1-13(2)14(18-8-4-3-5-9-18)15(19)17-12-16(20)6-10-21-11-7-16/h13-14,20H,3-12H2,1-2H3,(H,17,19). The van der Waals surface area contributed by atoms with E-state index in [0.29, 0.717) is 32.6 Å². The Balaban J connectivity index is 1.89. The van der Waals surface area contributed by atoms with Crippen molar-refractivity contribution in [2.24, 2.45) is 5.92 Å². The van der Waals surface area contributed by atoms with Gasteiger partial charge in [-0.2, -0.15) is 0 Å². The summed E-state index contributed by atoms with van der Waals surface area (Å²) in [5.41, 5.74) is -0.794. The van der Waals surface area contributed by atoms with Gasteiger partial charge in [0.2, 0.25) is 5.91 Å². The maximum Gasteiger partial charge on any atom is 0.237 e. The number of nitrogens with one attached hydrogen (secondary N) is 1. The van der Waals surface area contributed by atoms with Crippen molar-refractivity contribution in [3.05, 3.63) is 0 Å². The molecule has 0 radical (unpaired) electrons. The van der Waals surface area contributed by atoms with Crippen molar-refractivity contribution in [1.82, 2.24) is 10.2 Å². The number of likely N-dealkylation sites (tertiary alicyclic amines) is 1. The fourth-order valence-corrected chi connectivity index (χ4v) is 3.37. The number of piperidine rings is 1. The first-order chi connectivity index (χ1) is 10.0. The van der Waals surface area contributed by atoms with Crippen LogP contribution in [0, 0.1) is 5.92 Å². The zero-order valence-electron chi connectivity index (χ0n) is 13.4. The van der Waals surface area contributed by atoms with Gasteiger partial charge < -0.3 is 15.2 Å². The van der Waals surface area contributed by atoms with Crippen molar-refractivity contribution in [1.29, 1.82) is 0 Å². The van der Waals surface area contributed by atoms with Crippen LogP contribution < -0.4 is 5.32 Å². The predicted octanol–water partition coefficient (Wildman–Crippen LogP) is 1.15. The van der Waals surface area contributed by atoms with E-state index in [0.717, 1.165) is 13.1 Å². The van der Waals surface area contributed by atoms with E-state index in [9.17, 15) is 9.90 Å². The molecule has 1 atom stereocenters. The number of ether oxygens (including phenoxy) is 1. The van der Waals surface area contributed by atoms with Gasteiger partial charge in [-0.15, -0.1) is 0 Å². The van der Waals surface area contributed by atoms with Crippen molar-refractivity contribution in [2.75, 3.05) is 32.8 Å². The largest absolute Gasteiger partial charge is 0.388 e. The fraction of sp³-hybridized carbons (Fsp3) is 0.938. The van der Waals surface area contributed by atoms with E-state index < -0.39 is 5.60 Å². The number of rotatable bonds is 5. The van der Waals surface area contributed by atoms with Crippen LogP contribution in [0.4, 0.5) is 0 Å². The minimum absolute atomic E-state index is 0.0619. The lowest BCUT2D eigenvalue weighted by atomic mass is 9.93. The van der Waals surface area contributed by atoms with Crippen molar-refractivity contribution in [2.45, 2.75) is 57.6 Å². The first-order valence-corrected chi connectivity index (χ1v) is 8.34. The lowest BCUT2D eigenvalue weighted by Crippen LogP contribution is -2.55. The Morgan fingerprint density at radius 1 is 1.24 bits per heavy atom. The number of hydrogen-bond donors (Lipinski definition) is 2. The number of hydrogen-bond acceptors (Lipinski definition) is 4. The SMILES string of the molecule is CC(C)C(C(=O)NCC1(O)CCOCC1)N1CCCCC1. The van der Waals surface area contributed by atoms with Crippen molar-refractivity contribution < 1.29 is 14.6 Å². The van der Waals surface area contributed by atoms with Gasteiger partial charge >= 0.3 is 0 Å². The lowest BCUT2D eigenvalue weighted by Gasteiger charge is -2.37. The molecule has 0 saturated carbocycles. The third-order valence-corrected chi connectivity index (χ3v) is 4.70. The number of amides is 1. The van der Waals surface area contributed by atoms with Crippen LogP contribution in [-0.2, 0) is 9.53 Å². The van der Waals surface area contributed by atoms with Gasteiger partial charge in [0.15, 0.2) is 0 Å². The van der Waals surface area contributed by atoms with Gasteiger partial charge in [-0.05, 0) is 31.8 Å². The molecule has 0 bridgehead atoms. The van der Waals surface area contributed by atoms with Gasteiger partial charge in [0, 0.05) is 32.6 Å². The predicted molar refractivity (Wildman–Crippen MR) is 82.1 cm³/mol. The summed E-state index contributed by atoms with van der Waals surface area (Å²) >= 11 is 0. The van der Waals surface area contributed by atoms with Gasteiger partial charge in [0.05, 0.1) is 11.6 Å². The fourth-order valence-electron chi connectivity index (χ4n) is 3.37. The molecule has 2 saturated heterocycles.